The fourth-order valence-corrected chi connectivity index (χ4v) is 6.19. The van der Waals surface area contributed by atoms with Gasteiger partial charge in [-0.1, -0.05) is 12.1 Å². The first-order valence-electron chi connectivity index (χ1n) is 12.8. The molecule has 3 N–H and O–H groups in total. The number of rotatable bonds is 7. The van der Waals surface area contributed by atoms with Crippen molar-refractivity contribution in [1.82, 2.24) is 15.2 Å². The maximum absolute atomic E-state index is 14.2. The zero-order valence-corrected chi connectivity index (χ0v) is 22.7. The molecule has 11 heteroatoms. The van der Waals surface area contributed by atoms with E-state index < -0.39 is 23.8 Å². The summed E-state index contributed by atoms with van der Waals surface area (Å²) in [6.07, 6.45) is -0.659. The van der Waals surface area contributed by atoms with Gasteiger partial charge in [-0.25, -0.2) is 9.37 Å². The lowest BCUT2D eigenvalue weighted by Crippen LogP contribution is -2.52. The summed E-state index contributed by atoms with van der Waals surface area (Å²) in [6, 6.07) is 7.63. The monoisotopic (exact) mass is 572 g/mol. The second-order valence-corrected chi connectivity index (χ2v) is 11.4. The van der Waals surface area contributed by atoms with E-state index in [0.717, 1.165) is 16.5 Å². The molecule has 1 aromatic carbocycles. The van der Waals surface area contributed by atoms with E-state index in [-0.39, 0.29) is 42.9 Å². The summed E-state index contributed by atoms with van der Waals surface area (Å²) in [5.74, 6) is -0.859. The van der Waals surface area contributed by atoms with Gasteiger partial charge in [0.05, 0.1) is 25.2 Å². The number of likely N-dealkylation sites (tertiary alicyclic amines) is 1. The van der Waals surface area contributed by atoms with Crippen LogP contribution in [0.3, 0.4) is 0 Å². The van der Waals surface area contributed by atoms with Crippen LogP contribution in [0.15, 0.2) is 42.6 Å². The van der Waals surface area contributed by atoms with Crippen LogP contribution in [0.5, 0.6) is 0 Å². The number of benzene rings is 1. The highest BCUT2D eigenvalue weighted by Gasteiger charge is 2.49. The first-order valence-corrected chi connectivity index (χ1v) is 13.6. The summed E-state index contributed by atoms with van der Waals surface area (Å²) in [4.78, 5) is 31.5. The number of anilines is 1. The van der Waals surface area contributed by atoms with E-state index >= 15 is 0 Å². The summed E-state index contributed by atoms with van der Waals surface area (Å²) in [6.45, 7) is 3.89. The van der Waals surface area contributed by atoms with Crippen molar-refractivity contribution in [2.45, 2.75) is 45.1 Å². The number of alkyl halides is 4. The lowest BCUT2D eigenvalue weighted by molar-refractivity contribution is -0.139. The van der Waals surface area contributed by atoms with Crippen molar-refractivity contribution in [3.05, 3.63) is 75.3 Å². The molecule has 3 heterocycles. The summed E-state index contributed by atoms with van der Waals surface area (Å²) < 4.78 is 55.9. The topological polar surface area (TPSA) is 88.3 Å². The summed E-state index contributed by atoms with van der Waals surface area (Å²) in [5, 5.41) is 2.79. The highest BCUT2D eigenvalue weighted by Crippen LogP contribution is 2.51. The Morgan fingerprint density at radius 2 is 1.93 bits per heavy atom. The van der Waals surface area contributed by atoms with Crippen LogP contribution in [0.2, 0.25) is 0 Å². The lowest BCUT2D eigenvalue weighted by atomic mass is 9.96. The van der Waals surface area contributed by atoms with Gasteiger partial charge in [0.2, 0.25) is 11.8 Å². The second-order valence-electron chi connectivity index (χ2n) is 10.3. The Bertz CT molecular complexity index is 1480. The average Bonchev–Trinajstić information content (AvgIpc) is 3.65. The number of halogens is 4. The third kappa shape index (κ3) is 5.74. The number of hydrogen-bond donors (Lipinski definition) is 2. The third-order valence-electron chi connectivity index (χ3n) is 7.48. The molecule has 2 amide bonds. The van der Waals surface area contributed by atoms with Gasteiger partial charge in [0.25, 0.3) is 0 Å². The minimum Gasteiger partial charge on any atom is -0.384 e. The number of thiophene rings is 1. The minimum absolute atomic E-state index is 0.0605. The molecule has 3 aromatic rings. The maximum atomic E-state index is 14.2. The van der Waals surface area contributed by atoms with E-state index in [9.17, 15) is 27.2 Å². The van der Waals surface area contributed by atoms with Gasteiger partial charge in [0, 0.05) is 33.5 Å². The molecule has 2 aromatic heterocycles. The predicted octanol–water partition coefficient (Wildman–Crippen LogP) is 5.64. The maximum Gasteiger partial charge on any atom is 0.417 e. The average molecular weight is 573 g/mol. The zero-order chi connectivity index (χ0) is 28.8. The van der Waals surface area contributed by atoms with Crippen molar-refractivity contribution in [3.63, 3.8) is 0 Å². The van der Waals surface area contributed by atoms with E-state index in [2.05, 4.69) is 10.3 Å². The summed E-state index contributed by atoms with van der Waals surface area (Å²) in [7, 11) is 0. The fourth-order valence-electron chi connectivity index (χ4n) is 4.90. The fraction of sp³-hybridized carbons (Fsp3) is 0.345. The Kier molecular flexibility index (Phi) is 7.43. The molecule has 1 aliphatic carbocycles. The van der Waals surface area contributed by atoms with Crippen LogP contribution in [0.1, 0.15) is 45.0 Å². The standard InChI is InChI=1S/C29H28F4N4O2S/c1-15-16(2)27(40-24(15)12-36-26(38)8-4-17-3-7-25(34)35-11-17)20-6-5-18(9-23(20)29(31,32)33)21-10-22(21)28(39)37-13-19(30)14-37/h3-9,11,19,21-22H,10,12-14H2,1-2H3,(H2,34,35)(H,36,38)/b8-4+. The molecule has 2 unspecified atom stereocenters. The van der Waals surface area contributed by atoms with E-state index in [4.69, 9.17) is 5.73 Å². The second kappa shape index (κ2) is 10.7. The molecular weight excluding hydrogens is 544 g/mol. The summed E-state index contributed by atoms with van der Waals surface area (Å²) >= 11 is 1.22. The predicted molar refractivity (Wildman–Crippen MR) is 146 cm³/mol. The molecule has 2 atom stereocenters. The molecular formula is C29H28F4N4O2S. The molecule has 40 heavy (non-hydrogen) atoms. The third-order valence-corrected chi connectivity index (χ3v) is 8.91. The van der Waals surface area contributed by atoms with Gasteiger partial charge in [-0.2, -0.15) is 13.2 Å². The number of hydrogen-bond acceptors (Lipinski definition) is 5. The number of amides is 2. The van der Waals surface area contributed by atoms with Gasteiger partial charge in [0.1, 0.15) is 12.0 Å². The van der Waals surface area contributed by atoms with Crippen LogP contribution in [0.4, 0.5) is 23.4 Å². The van der Waals surface area contributed by atoms with Gasteiger partial charge in [-0.05, 0) is 72.7 Å². The molecule has 0 spiro atoms. The number of carbonyl (C=O) groups excluding carboxylic acids is 2. The van der Waals surface area contributed by atoms with Crippen molar-refractivity contribution in [3.8, 4) is 10.4 Å². The molecule has 5 rings (SSSR count). The number of nitrogens with one attached hydrogen (secondary N) is 1. The van der Waals surface area contributed by atoms with Gasteiger partial charge in [0.15, 0.2) is 0 Å². The molecule has 1 saturated heterocycles. The van der Waals surface area contributed by atoms with Crippen molar-refractivity contribution in [2.24, 2.45) is 5.92 Å². The highest BCUT2D eigenvalue weighted by molar-refractivity contribution is 7.16. The molecule has 6 nitrogen and oxygen atoms in total. The van der Waals surface area contributed by atoms with E-state index in [1.54, 1.807) is 31.2 Å². The van der Waals surface area contributed by atoms with Crippen LogP contribution in [-0.4, -0.2) is 41.0 Å². The quantitative estimate of drug-likeness (QED) is 0.283. The number of nitrogens with two attached hydrogens (primary N) is 1. The molecule has 2 aliphatic rings. The van der Waals surface area contributed by atoms with Gasteiger partial charge < -0.3 is 16.0 Å². The van der Waals surface area contributed by atoms with E-state index in [1.165, 1.54) is 34.6 Å². The molecule has 2 fully saturated rings. The van der Waals surface area contributed by atoms with Crippen molar-refractivity contribution in [2.75, 3.05) is 18.8 Å². The van der Waals surface area contributed by atoms with Crippen LogP contribution < -0.4 is 11.1 Å². The molecule has 0 radical (unpaired) electrons. The largest absolute Gasteiger partial charge is 0.417 e. The smallest absolute Gasteiger partial charge is 0.384 e. The Hall–Kier alpha value is -3.73. The number of aromatic nitrogens is 1. The molecule has 1 aliphatic heterocycles. The molecule has 1 saturated carbocycles. The Morgan fingerprint density at radius 3 is 2.58 bits per heavy atom. The van der Waals surface area contributed by atoms with Gasteiger partial charge >= 0.3 is 6.18 Å². The Balaban J connectivity index is 1.32. The molecule has 0 bridgehead atoms. The van der Waals surface area contributed by atoms with Crippen LogP contribution in [-0.2, 0) is 22.3 Å². The highest BCUT2D eigenvalue weighted by atomic mass is 32.1. The number of carbonyl (C=O) groups is 2. The number of nitrogen functional groups attached to an aromatic ring is 1. The number of pyridine rings is 1. The van der Waals surface area contributed by atoms with Crippen molar-refractivity contribution < 1.29 is 27.2 Å². The normalized spacial score (nSPS) is 19.1. The summed E-state index contributed by atoms with van der Waals surface area (Å²) in [5.41, 5.74) is 7.58. The SMILES string of the molecule is Cc1c(CNC(=O)/C=C/c2ccc(N)nc2)sc(-c2ccc(C3CC3C(=O)N3CC(F)C3)cc2C(F)(F)F)c1C. The molecule has 210 valence electrons. The zero-order valence-electron chi connectivity index (χ0n) is 21.9. The first kappa shape index (κ1) is 27.8. The van der Waals surface area contributed by atoms with Crippen molar-refractivity contribution in [1.29, 1.82) is 0 Å². The Morgan fingerprint density at radius 1 is 1.18 bits per heavy atom. The van der Waals surface area contributed by atoms with Crippen LogP contribution >= 0.6 is 11.3 Å². The van der Waals surface area contributed by atoms with Crippen LogP contribution in [0, 0.1) is 19.8 Å². The first-order chi connectivity index (χ1) is 18.9. The van der Waals surface area contributed by atoms with Gasteiger partial charge in [-0.15, -0.1) is 11.3 Å². The van der Waals surface area contributed by atoms with Crippen molar-refractivity contribution >= 4 is 35.0 Å². The van der Waals surface area contributed by atoms with Crippen LogP contribution in [0.25, 0.3) is 16.5 Å². The van der Waals surface area contributed by atoms with E-state index in [0.29, 0.717) is 33.8 Å². The minimum atomic E-state index is -4.60. The van der Waals surface area contributed by atoms with Gasteiger partial charge in [-0.3, -0.25) is 9.59 Å². The van der Waals surface area contributed by atoms with E-state index in [1.807, 2.05) is 6.92 Å². The lowest BCUT2D eigenvalue weighted by Gasteiger charge is -2.34. The Labute approximate surface area is 232 Å². The number of nitrogens with zero attached hydrogens (tertiary/aromatic N) is 2.